The Morgan fingerprint density at radius 3 is 2.33 bits per heavy atom. The molecule has 2 rings (SSSR count). The first-order valence-electron chi connectivity index (χ1n) is 5.94. The molecule has 5 heteroatoms. The van der Waals surface area contributed by atoms with Gasteiger partial charge in [0.1, 0.15) is 0 Å². The van der Waals surface area contributed by atoms with E-state index >= 15 is 0 Å². The molecule has 0 unspecified atom stereocenters. The topological polar surface area (TPSA) is 87.7 Å². The Labute approximate surface area is 106 Å². The van der Waals surface area contributed by atoms with Gasteiger partial charge in [0.25, 0.3) is 5.91 Å². The average molecular weight is 247 g/mol. The second-order valence-electron chi connectivity index (χ2n) is 4.93. The Hall–Kier alpha value is -2.04. The molecule has 0 atom stereocenters. The van der Waals surface area contributed by atoms with Gasteiger partial charge < -0.3 is 16.3 Å². The van der Waals surface area contributed by atoms with E-state index in [1.165, 1.54) is 6.42 Å². The minimum Gasteiger partial charge on any atom is -0.409 e. The molecule has 0 saturated heterocycles. The van der Waals surface area contributed by atoms with Gasteiger partial charge in [-0.1, -0.05) is 17.3 Å². The van der Waals surface area contributed by atoms with Crippen LogP contribution in [0.25, 0.3) is 0 Å². The van der Waals surface area contributed by atoms with Crippen LogP contribution in [0.2, 0.25) is 0 Å². The molecule has 4 N–H and O–H groups in total. The van der Waals surface area contributed by atoms with Crippen LogP contribution in [0.15, 0.2) is 29.4 Å². The lowest BCUT2D eigenvalue weighted by Crippen LogP contribution is -2.50. The summed E-state index contributed by atoms with van der Waals surface area (Å²) in [5.41, 5.74) is 6.57. The Kier molecular flexibility index (Phi) is 3.23. The van der Waals surface area contributed by atoms with Gasteiger partial charge in [-0.05, 0) is 38.3 Å². The van der Waals surface area contributed by atoms with E-state index in [1.807, 2.05) is 0 Å². The standard InChI is InChI=1S/C13H17N3O2/c1-13(7-2-8-13)15-12(17)10-5-3-9(4-6-10)11(14)16-18/h3-6,18H,2,7-8H2,1H3,(H2,14,16)(H,15,17). The molecule has 1 aromatic rings. The van der Waals surface area contributed by atoms with E-state index < -0.39 is 0 Å². The van der Waals surface area contributed by atoms with Gasteiger partial charge in [-0.15, -0.1) is 0 Å². The first kappa shape index (κ1) is 12.4. The number of nitrogens with zero attached hydrogens (tertiary/aromatic N) is 1. The third kappa shape index (κ3) is 2.45. The van der Waals surface area contributed by atoms with Crippen LogP contribution in [0.5, 0.6) is 0 Å². The minimum absolute atomic E-state index is 0.0351. The van der Waals surface area contributed by atoms with Gasteiger partial charge in [-0.3, -0.25) is 4.79 Å². The highest BCUT2D eigenvalue weighted by Crippen LogP contribution is 2.31. The summed E-state index contributed by atoms with van der Waals surface area (Å²) in [6.45, 7) is 2.05. The lowest BCUT2D eigenvalue weighted by molar-refractivity contribution is 0.0850. The van der Waals surface area contributed by atoms with Crippen molar-refractivity contribution in [3.05, 3.63) is 35.4 Å². The summed E-state index contributed by atoms with van der Waals surface area (Å²) >= 11 is 0. The average Bonchev–Trinajstić information content (AvgIpc) is 2.36. The minimum atomic E-state index is -0.0803. The monoisotopic (exact) mass is 247 g/mol. The molecule has 18 heavy (non-hydrogen) atoms. The van der Waals surface area contributed by atoms with Crippen molar-refractivity contribution in [1.29, 1.82) is 0 Å². The lowest BCUT2D eigenvalue weighted by atomic mass is 9.78. The highest BCUT2D eigenvalue weighted by Gasteiger charge is 2.33. The number of carbonyl (C=O) groups excluding carboxylic acids is 1. The van der Waals surface area contributed by atoms with Crippen LogP contribution in [0, 0.1) is 0 Å². The zero-order chi connectivity index (χ0) is 13.2. The fraction of sp³-hybridized carbons (Fsp3) is 0.385. The molecule has 1 aliphatic rings. The van der Waals surface area contributed by atoms with Crippen molar-refractivity contribution in [2.75, 3.05) is 0 Å². The molecule has 1 aromatic carbocycles. The number of hydrogen-bond acceptors (Lipinski definition) is 3. The Morgan fingerprint density at radius 1 is 1.33 bits per heavy atom. The van der Waals surface area contributed by atoms with Crippen molar-refractivity contribution in [3.63, 3.8) is 0 Å². The van der Waals surface area contributed by atoms with E-state index in [0.29, 0.717) is 11.1 Å². The van der Waals surface area contributed by atoms with Crippen molar-refractivity contribution >= 4 is 11.7 Å². The number of benzene rings is 1. The Morgan fingerprint density at radius 2 is 1.89 bits per heavy atom. The van der Waals surface area contributed by atoms with Gasteiger partial charge in [0.15, 0.2) is 5.84 Å². The lowest BCUT2D eigenvalue weighted by Gasteiger charge is -2.39. The maximum atomic E-state index is 12.0. The zero-order valence-corrected chi connectivity index (χ0v) is 10.3. The molecule has 0 bridgehead atoms. The maximum Gasteiger partial charge on any atom is 0.251 e. The molecular formula is C13H17N3O2. The number of nitrogens with one attached hydrogen (secondary N) is 1. The number of nitrogens with two attached hydrogens (primary N) is 1. The molecule has 0 aliphatic heterocycles. The molecular weight excluding hydrogens is 230 g/mol. The summed E-state index contributed by atoms with van der Waals surface area (Å²) < 4.78 is 0. The molecule has 0 heterocycles. The van der Waals surface area contributed by atoms with Crippen LogP contribution < -0.4 is 11.1 Å². The summed E-state index contributed by atoms with van der Waals surface area (Å²) in [7, 11) is 0. The van der Waals surface area contributed by atoms with Crippen molar-refractivity contribution in [2.24, 2.45) is 10.9 Å². The maximum absolute atomic E-state index is 12.0. The van der Waals surface area contributed by atoms with E-state index in [-0.39, 0.29) is 17.3 Å². The number of carbonyl (C=O) groups is 1. The fourth-order valence-corrected chi connectivity index (χ4v) is 2.03. The first-order chi connectivity index (χ1) is 8.54. The molecule has 1 saturated carbocycles. The van der Waals surface area contributed by atoms with Crippen molar-refractivity contribution in [1.82, 2.24) is 5.32 Å². The van der Waals surface area contributed by atoms with Crippen LogP contribution in [0.1, 0.15) is 42.1 Å². The van der Waals surface area contributed by atoms with E-state index in [4.69, 9.17) is 10.9 Å². The van der Waals surface area contributed by atoms with Gasteiger partial charge in [0.05, 0.1) is 0 Å². The molecule has 0 aromatic heterocycles. The summed E-state index contributed by atoms with van der Waals surface area (Å²) in [4.78, 5) is 12.0. The predicted molar refractivity (Wildman–Crippen MR) is 68.7 cm³/mol. The molecule has 1 aliphatic carbocycles. The third-order valence-corrected chi connectivity index (χ3v) is 3.42. The smallest absolute Gasteiger partial charge is 0.251 e. The quantitative estimate of drug-likeness (QED) is 0.327. The normalized spacial score (nSPS) is 17.9. The van der Waals surface area contributed by atoms with E-state index in [0.717, 1.165) is 12.8 Å². The second kappa shape index (κ2) is 4.68. The fourth-order valence-electron chi connectivity index (χ4n) is 2.03. The summed E-state index contributed by atoms with van der Waals surface area (Å²) in [6, 6.07) is 6.66. The molecule has 1 fully saturated rings. The van der Waals surface area contributed by atoms with Crippen molar-refractivity contribution in [3.8, 4) is 0 Å². The number of amidine groups is 1. The number of hydrogen-bond donors (Lipinski definition) is 3. The summed E-state index contributed by atoms with van der Waals surface area (Å²) in [5, 5.41) is 14.5. The zero-order valence-electron chi connectivity index (χ0n) is 10.3. The predicted octanol–water partition coefficient (Wildman–Crippen LogP) is 1.45. The first-order valence-corrected chi connectivity index (χ1v) is 5.94. The van der Waals surface area contributed by atoms with Crippen LogP contribution in [0.3, 0.4) is 0 Å². The second-order valence-corrected chi connectivity index (χ2v) is 4.93. The SMILES string of the molecule is CC1(NC(=O)c2ccc(/C(N)=N/O)cc2)CCC1. The highest BCUT2D eigenvalue weighted by atomic mass is 16.4. The number of amides is 1. The highest BCUT2D eigenvalue weighted by molar-refractivity contribution is 5.99. The molecule has 0 spiro atoms. The van der Waals surface area contributed by atoms with Crippen molar-refractivity contribution < 1.29 is 10.0 Å². The van der Waals surface area contributed by atoms with Crippen LogP contribution in [-0.4, -0.2) is 22.5 Å². The summed E-state index contributed by atoms with van der Waals surface area (Å²) in [6.07, 6.45) is 3.22. The van der Waals surface area contributed by atoms with E-state index in [9.17, 15) is 4.79 Å². The largest absolute Gasteiger partial charge is 0.409 e. The van der Waals surface area contributed by atoms with E-state index in [1.54, 1.807) is 24.3 Å². The number of oxime groups is 1. The van der Waals surface area contributed by atoms with Crippen LogP contribution >= 0.6 is 0 Å². The van der Waals surface area contributed by atoms with E-state index in [2.05, 4.69) is 17.4 Å². The molecule has 5 nitrogen and oxygen atoms in total. The summed E-state index contributed by atoms with van der Waals surface area (Å²) in [5.74, 6) is -0.0452. The van der Waals surface area contributed by atoms with Gasteiger partial charge >= 0.3 is 0 Å². The Bertz CT molecular complexity index is 476. The molecule has 0 radical (unpaired) electrons. The third-order valence-electron chi connectivity index (χ3n) is 3.42. The van der Waals surface area contributed by atoms with Gasteiger partial charge in [-0.2, -0.15) is 0 Å². The van der Waals surface area contributed by atoms with Crippen molar-refractivity contribution in [2.45, 2.75) is 31.7 Å². The molecule has 1 amide bonds. The van der Waals surface area contributed by atoms with Gasteiger partial charge in [-0.25, -0.2) is 0 Å². The van der Waals surface area contributed by atoms with Crippen LogP contribution in [-0.2, 0) is 0 Å². The molecule has 96 valence electrons. The number of rotatable bonds is 3. The van der Waals surface area contributed by atoms with Crippen LogP contribution in [0.4, 0.5) is 0 Å². The Balaban J connectivity index is 2.07. The van der Waals surface area contributed by atoms with Gasteiger partial charge in [0, 0.05) is 16.7 Å². The van der Waals surface area contributed by atoms with Gasteiger partial charge in [0.2, 0.25) is 0 Å².